The number of aryl methyl sites for hydroxylation is 3. The number of aliphatic hydroxyl groups excluding tert-OH is 1. The molecule has 0 bridgehead atoms. The van der Waals surface area contributed by atoms with Crippen LogP contribution in [0.5, 0.6) is 0 Å². The summed E-state index contributed by atoms with van der Waals surface area (Å²) in [5, 5.41) is 27.2. The van der Waals surface area contributed by atoms with Crippen LogP contribution in [0.25, 0.3) is 11.1 Å². The van der Waals surface area contributed by atoms with Gasteiger partial charge in [0.25, 0.3) is 5.91 Å². The predicted molar refractivity (Wildman–Crippen MR) is 143 cm³/mol. The predicted octanol–water partition coefficient (Wildman–Crippen LogP) is 4.22. The average Bonchev–Trinajstić information content (AvgIpc) is 3.48. The van der Waals surface area contributed by atoms with E-state index in [1.807, 2.05) is 38.1 Å². The van der Waals surface area contributed by atoms with Crippen LogP contribution in [0.15, 0.2) is 36.5 Å². The molecule has 1 fully saturated rings. The molecule has 4 rings (SSSR count). The Morgan fingerprint density at radius 3 is 2.46 bits per heavy atom. The van der Waals surface area contributed by atoms with Crippen LogP contribution in [0, 0.1) is 25.7 Å². The number of H-pyrrole nitrogens is 1. The van der Waals surface area contributed by atoms with E-state index in [2.05, 4.69) is 32.9 Å². The van der Waals surface area contributed by atoms with Crippen molar-refractivity contribution in [1.29, 1.82) is 0 Å². The number of anilines is 1. The summed E-state index contributed by atoms with van der Waals surface area (Å²) in [7, 11) is 0. The second-order valence-corrected chi connectivity index (χ2v) is 10.4. The lowest BCUT2D eigenvalue weighted by molar-refractivity contribution is -0.119. The minimum atomic E-state index is -0.654. The lowest BCUT2D eigenvalue weighted by atomic mass is 9.79. The molecule has 1 saturated carbocycles. The van der Waals surface area contributed by atoms with Crippen LogP contribution in [0.1, 0.15) is 67.8 Å². The zero-order chi connectivity index (χ0) is 26.5. The number of hydrogen-bond donors (Lipinski definition) is 4. The molecule has 9 nitrogen and oxygen atoms in total. The molecular formula is C28H38N6O3. The first-order valence-corrected chi connectivity index (χ1v) is 13.2. The molecule has 1 aliphatic carbocycles. The molecule has 1 aliphatic rings. The van der Waals surface area contributed by atoms with E-state index in [1.54, 1.807) is 23.9 Å². The molecule has 0 aliphatic heterocycles. The van der Waals surface area contributed by atoms with Crippen LogP contribution < -0.4 is 10.6 Å². The highest BCUT2D eigenvalue weighted by Crippen LogP contribution is 2.31. The van der Waals surface area contributed by atoms with Crippen LogP contribution in [-0.2, 0) is 11.3 Å². The molecule has 3 aromatic rings. The molecule has 1 aromatic carbocycles. The minimum absolute atomic E-state index is 0.0597. The molecule has 198 valence electrons. The zero-order valence-electron chi connectivity index (χ0n) is 22.1. The molecular weight excluding hydrogens is 468 g/mol. The normalized spacial score (nSPS) is 19.3. The summed E-state index contributed by atoms with van der Waals surface area (Å²) in [5.41, 5.74) is 5.08. The number of aliphatic hydroxyl groups is 1. The number of nitrogens with one attached hydrogen (secondary N) is 3. The van der Waals surface area contributed by atoms with E-state index < -0.39 is 12.1 Å². The molecule has 9 heteroatoms. The summed E-state index contributed by atoms with van der Waals surface area (Å²) in [6.45, 7) is 8.31. The van der Waals surface area contributed by atoms with Crippen LogP contribution in [0.4, 0.5) is 5.69 Å². The number of hydrogen-bond acceptors (Lipinski definition) is 5. The van der Waals surface area contributed by atoms with Gasteiger partial charge in [-0.2, -0.15) is 10.2 Å². The van der Waals surface area contributed by atoms with E-state index in [-0.39, 0.29) is 17.7 Å². The van der Waals surface area contributed by atoms with Gasteiger partial charge < -0.3 is 15.7 Å². The van der Waals surface area contributed by atoms with Crippen molar-refractivity contribution in [1.82, 2.24) is 25.3 Å². The number of aromatic amines is 1. The van der Waals surface area contributed by atoms with Crippen LogP contribution in [0.2, 0.25) is 0 Å². The molecule has 2 atom stereocenters. The highest BCUT2D eigenvalue weighted by atomic mass is 16.3. The Morgan fingerprint density at radius 1 is 1.14 bits per heavy atom. The van der Waals surface area contributed by atoms with Gasteiger partial charge in [-0.05, 0) is 75.6 Å². The second kappa shape index (κ2) is 11.7. The lowest BCUT2D eigenvalue weighted by Gasteiger charge is -2.32. The number of aromatic nitrogens is 4. The van der Waals surface area contributed by atoms with Gasteiger partial charge in [0.1, 0.15) is 11.7 Å². The van der Waals surface area contributed by atoms with Crippen LogP contribution in [-0.4, -0.2) is 49.0 Å². The molecule has 0 saturated heterocycles. The van der Waals surface area contributed by atoms with Crippen molar-refractivity contribution in [2.75, 3.05) is 5.32 Å². The Morgan fingerprint density at radius 2 is 1.84 bits per heavy atom. The Hall–Kier alpha value is -3.46. The van der Waals surface area contributed by atoms with E-state index in [1.165, 1.54) is 0 Å². The summed E-state index contributed by atoms with van der Waals surface area (Å²) in [4.78, 5) is 26.8. The maximum Gasteiger partial charge on any atom is 0.270 e. The van der Waals surface area contributed by atoms with E-state index in [0.717, 1.165) is 48.2 Å². The Bertz CT molecular complexity index is 1190. The van der Waals surface area contributed by atoms with Gasteiger partial charge in [0.2, 0.25) is 5.91 Å². The van der Waals surface area contributed by atoms with Gasteiger partial charge in [-0.3, -0.25) is 19.4 Å². The zero-order valence-corrected chi connectivity index (χ0v) is 22.1. The topological polar surface area (TPSA) is 125 Å². The Balaban J connectivity index is 1.50. The van der Waals surface area contributed by atoms with Crippen LogP contribution in [0.3, 0.4) is 0 Å². The van der Waals surface area contributed by atoms with E-state index in [9.17, 15) is 14.7 Å². The molecule has 0 spiro atoms. The first kappa shape index (κ1) is 26.6. The fourth-order valence-electron chi connectivity index (χ4n) is 5.16. The summed E-state index contributed by atoms with van der Waals surface area (Å²) >= 11 is 0. The maximum atomic E-state index is 13.5. The summed E-state index contributed by atoms with van der Waals surface area (Å²) < 4.78 is 1.58. The van der Waals surface area contributed by atoms with Crippen LogP contribution >= 0.6 is 0 Å². The lowest BCUT2D eigenvalue weighted by Crippen LogP contribution is -2.49. The Kier molecular flexibility index (Phi) is 8.43. The van der Waals surface area contributed by atoms with E-state index >= 15 is 0 Å². The molecule has 37 heavy (non-hydrogen) atoms. The van der Waals surface area contributed by atoms with Gasteiger partial charge in [-0.15, -0.1) is 0 Å². The highest BCUT2D eigenvalue weighted by Gasteiger charge is 2.33. The number of nitrogens with zero attached hydrogens (tertiary/aromatic N) is 3. The fourth-order valence-corrected chi connectivity index (χ4v) is 5.16. The van der Waals surface area contributed by atoms with Crippen molar-refractivity contribution in [3.05, 3.63) is 53.6 Å². The minimum Gasteiger partial charge on any atom is -0.393 e. The van der Waals surface area contributed by atoms with Crippen molar-refractivity contribution in [2.45, 2.75) is 78.5 Å². The highest BCUT2D eigenvalue weighted by molar-refractivity contribution is 6.00. The summed E-state index contributed by atoms with van der Waals surface area (Å²) in [6, 6.07) is 8.69. The molecule has 2 aromatic heterocycles. The van der Waals surface area contributed by atoms with Gasteiger partial charge in [0, 0.05) is 29.7 Å². The van der Waals surface area contributed by atoms with Gasteiger partial charge in [-0.1, -0.05) is 31.9 Å². The number of carbonyl (C=O) groups is 2. The van der Waals surface area contributed by atoms with Gasteiger partial charge in [0.15, 0.2) is 0 Å². The first-order chi connectivity index (χ1) is 17.7. The first-order valence-electron chi connectivity index (χ1n) is 13.2. The third-order valence-electron chi connectivity index (χ3n) is 7.38. The molecule has 4 N–H and O–H groups in total. The third kappa shape index (κ3) is 6.46. The smallest absolute Gasteiger partial charge is 0.270 e. The Labute approximate surface area is 218 Å². The standard InChI is InChI=1S/C28H38N6O3/c1-17-5-7-22(8-6-17)26(31-27(36)24-13-15-29-34(24)16-14-18(2)35)28(37)30-23-11-9-21(10-12-23)25-19(3)32-33-20(25)4/h9-13,15,17-18,22,26,35H,5-8,14,16H2,1-4H3,(H,30,37)(H,31,36)(H,32,33)/t17-,18?,22-,26-/m0/s1. The summed E-state index contributed by atoms with van der Waals surface area (Å²) in [6.07, 6.45) is 5.41. The number of amides is 2. The molecule has 2 heterocycles. The maximum absolute atomic E-state index is 13.5. The monoisotopic (exact) mass is 506 g/mol. The number of benzene rings is 1. The van der Waals surface area contributed by atoms with Gasteiger partial charge in [-0.25, -0.2) is 0 Å². The van der Waals surface area contributed by atoms with Crippen molar-refractivity contribution in [3.63, 3.8) is 0 Å². The molecule has 0 radical (unpaired) electrons. The quantitative estimate of drug-likeness (QED) is 0.346. The molecule has 1 unspecified atom stereocenters. The van der Waals surface area contributed by atoms with E-state index in [4.69, 9.17) is 0 Å². The van der Waals surface area contributed by atoms with Crippen molar-refractivity contribution >= 4 is 17.5 Å². The van der Waals surface area contributed by atoms with Crippen molar-refractivity contribution < 1.29 is 14.7 Å². The number of carbonyl (C=O) groups excluding carboxylic acids is 2. The number of rotatable bonds is 9. The molecule has 2 amide bonds. The van der Waals surface area contributed by atoms with Crippen molar-refractivity contribution in [3.8, 4) is 11.1 Å². The van der Waals surface area contributed by atoms with Gasteiger partial charge >= 0.3 is 0 Å². The summed E-state index contributed by atoms with van der Waals surface area (Å²) in [5.74, 6) is 0.138. The third-order valence-corrected chi connectivity index (χ3v) is 7.38. The fraction of sp³-hybridized carbons (Fsp3) is 0.500. The largest absolute Gasteiger partial charge is 0.393 e. The van der Waals surface area contributed by atoms with Gasteiger partial charge in [0.05, 0.1) is 11.8 Å². The average molecular weight is 507 g/mol. The SMILES string of the molecule is Cc1n[nH]c(C)c1-c1ccc(NC(=O)[C@@H](NC(=O)c2ccnn2CCC(C)O)[C@H]2CC[C@H](C)CC2)cc1. The van der Waals surface area contributed by atoms with Crippen molar-refractivity contribution in [2.24, 2.45) is 11.8 Å². The van der Waals surface area contributed by atoms with E-state index in [0.29, 0.717) is 30.3 Å². The second-order valence-electron chi connectivity index (χ2n) is 10.4.